The van der Waals surface area contributed by atoms with Crippen LogP contribution in [-0.4, -0.2) is 60.4 Å². The molecule has 380 valence electrons. The van der Waals surface area contributed by atoms with Crippen LogP contribution in [0.15, 0.2) is 186 Å². The molecule has 0 amide bonds. The van der Waals surface area contributed by atoms with Crippen molar-refractivity contribution in [3.05, 3.63) is 190 Å². The summed E-state index contributed by atoms with van der Waals surface area (Å²) in [5, 5.41) is 19.8. The molecule has 0 spiro atoms. The van der Waals surface area contributed by atoms with Crippen LogP contribution in [0, 0.1) is 0 Å². The van der Waals surface area contributed by atoms with Crippen LogP contribution in [0.3, 0.4) is 0 Å². The third-order valence-electron chi connectivity index (χ3n) is 13.2. The molecular formula is C61H64B2N12O. The van der Waals surface area contributed by atoms with E-state index in [0.717, 1.165) is 88.0 Å². The highest BCUT2D eigenvalue weighted by Crippen LogP contribution is 2.42. The van der Waals surface area contributed by atoms with Crippen molar-refractivity contribution in [2.75, 3.05) is 0 Å². The van der Waals surface area contributed by atoms with Crippen molar-refractivity contribution in [1.29, 1.82) is 0 Å². The van der Waals surface area contributed by atoms with E-state index >= 15 is 0 Å². The number of hydrogen-bond donors (Lipinski definition) is 1. The van der Waals surface area contributed by atoms with E-state index in [9.17, 15) is 5.02 Å². The topological polar surface area (TPSA) is 139 Å². The molecule has 0 saturated carbocycles. The zero-order chi connectivity index (χ0) is 53.9. The van der Waals surface area contributed by atoms with Gasteiger partial charge in [-0.05, 0) is 6.82 Å². The van der Waals surface area contributed by atoms with Gasteiger partial charge in [-0.1, -0.05) is 229 Å². The van der Waals surface area contributed by atoms with Crippen molar-refractivity contribution >= 4 is 104 Å². The average Bonchev–Trinajstić information content (AvgIpc) is 4.36. The van der Waals surface area contributed by atoms with Crippen molar-refractivity contribution < 1.29 is 5.02 Å². The van der Waals surface area contributed by atoms with Crippen LogP contribution in [0.5, 0.6) is 0 Å². The van der Waals surface area contributed by atoms with E-state index in [-0.39, 0.29) is 6.98 Å². The minimum atomic E-state index is -1.03. The second-order valence-electron chi connectivity index (χ2n) is 16.5. The number of benzene rings is 6. The molecule has 13 nitrogen and oxygen atoms in total. The maximum atomic E-state index is 11.7. The first-order chi connectivity index (χ1) is 37.6. The molecule has 6 aromatic carbocycles. The van der Waals surface area contributed by atoms with E-state index in [0.29, 0.717) is 46.0 Å². The fraction of sp³-hybridized carbons (Fsp3) is 0.213. The van der Waals surface area contributed by atoms with Crippen molar-refractivity contribution in [2.45, 2.75) is 89.9 Å². The lowest BCUT2D eigenvalue weighted by Crippen LogP contribution is -2.48. The van der Waals surface area contributed by atoms with Gasteiger partial charge < -0.3 is 22.9 Å². The maximum absolute atomic E-state index is 11.7. The Morgan fingerprint density at radius 2 is 0.526 bits per heavy atom. The molecule has 6 aliphatic heterocycles. The Bertz CT molecular complexity index is 3990. The Kier molecular flexibility index (Phi) is 15.2. The fourth-order valence-electron chi connectivity index (χ4n) is 10.4. The molecule has 8 bridgehead atoms. The molecule has 0 atom stereocenters. The van der Waals surface area contributed by atoms with E-state index in [1.165, 1.54) is 0 Å². The zero-order valence-corrected chi connectivity index (χ0v) is 45.8. The second-order valence-corrected chi connectivity index (χ2v) is 16.5. The minimum Gasteiger partial charge on any atom is -0.413 e. The smallest absolute Gasteiger partial charge is 0.413 e. The van der Waals surface area contributed by atoms with Crippen LogP contribution >= 0.6 is 0 Å². The zero-order valence-electron chi connectivity index (χ0n) is 45.8. The van der Waals surface area contributed by atoms with Gasteiger partial charge in [0, 0.05) is 65.3 Å². The first-order valence-corrected chi connectivity index (χ1v) is 27.2. The van der Waals surface area contributed by atoms with Crippen LogP contribution < -0.4 is 22.0 Å². The van der Waals surface area contributed by atoms with Gasteiger partial charge in [-0.2, -0.15) is 0 Å². The van der Waals surface area contributed by atoms with Gasteiger partial charge in [0.1, 0.15) is 45.2 Å². The van der Waals surface area contributed by atoms with Gasteiger partial charge in [0.05, 0.1) is 0 Å². The average molecular weight is 1000 g/mol. The maximum Gasteiger partial charge on any atom is 0.560 e. The number of hydrogen-bond acceptors (Lipinski definition) is 9. The number of fused-ring (bicyclic) bond motifs is 20. The SMILES string of the molecule is CB1n2c3c4ccccc4c2N=c2c4ccccc4c(n21)=NC1=NC(=N3)c2ccccc21.CC.CC.CC.CC.CC.CC.OB1n2c3c4ccccc4c2N=c2c4ccccc4c(n21)=NC1=NC(=N3)c2ccccc21. The highest BCUT2D eigenvalue weighted by Gasteiger charge is 2.37. The lowest BCUT2D eigenvalue weighted by molar-refractivity contribution is 0.528. The van der Waals surface area contributed by atoms with Crippen molar-refractivity contribution in [1.82, 2.24) is 17.9 Å². The van der Waals surface area contributed by atoms with Crippen LogP contribution in [0.2, 0.25) is 6.82 Å². The Labute approximate surface area is 444 Å². The van der Waals surface area contributed by atoms with Crippen LogP contribution in [0.25, 0.3) is 43.1 Å². The quantitative estimate of drug-likeness (QED) is 0.149. The molecular weight excluding hydrogens is 938 g/mol. The predicted molar refractivity (Wildman–Crippen MR) is 319 cm³/mol. The summed E-state index contributed by atoms with van der Waals surface area (Å²) in [6, 6.07) is 48.9. The molecule has 10 aromatic rings. The third kappa shape index (κ3) is 7.90. The summed E-state index contributed by atoms with van der Waals surface area (Å²) >= 11 is 0. The van der Waals surface area contributed by atoms with E-state index in [2.05, 4.69) is 76.4 Å². The summed E-state index contributed by atoms with van der Waals surface area (Å²) in [6.07, 6.45) is 0. The lowest BCUT2D eigenvalue weighted by Gasteiger charge is -2.20. The Hall–Kier alpha value is -8.55. The fourth-order valence-corrected chi connectivity index (χ4v) is 10.4. The number of aliphatic imine (C=N–C) groups is 4. The Morgan fingerprint density at radius 1 is 0.276 bits per heavy atom. The van der Waals surface area contributed by atoms with Gasteiger partial charge in [0.25, 0.3) is 0 Å². The van der Waals surface area contributed by atoms with E-state index in [1.807, 2.05) is 168 Å². The van der Waals surface area contributed by atoms with Gasteiger partial charge in [-0.25, -0.2) is 39.9 Å². The Morgan fingerprint density at radius 3 is 0.895 bits per heavy atom. The number of aromatic nitrogens is 4. The number of rotatable bonds is 0. The second kappa shape index (κ2) is 22.1. The summed E-state index contributed by atoms with van der Waals surface area (Å²) in [5.41, 5.74) is 7.03. The van der Waals surface area contributed by atoms with E-state index in [1.54, 1.807) is 8.96 Å². The van der Waals surface area contributed by atoms with Crippen molar-refractivity contribution in [2.24, 2.45) is 39.9 Å². The number of nitrogens with zero attached hydrogens (tertiary/aromatic N) is 12. The molecule has 1 N–H and O–H groups in total. The molecule has 0 saturated heterocycles. The van der Waals surface area contributed by atoms with Crippen LogP contribution in [0.1, 0.15) is 105 Å². The van der Waals surface area contributed by atoms with Crippen molar-refractivity contribution in [3.63, 3.8) is 0 Å². The van der Waals surface area contributed by atoms with Gasteiger partial charge in [-0.3, -0.25) is 0 Å². The Balaban J connectivity index is 0.000000156. The van der Waals surface area contributed by atoms with Gasteiger partial charge >= 0.3 is 14.2 Å². The van der Waals surface area contributed by atoms with Crippen molar-refractivity contribution in [3.8, 4) is 0 Å². The standard InChI is InChI=1S/C25H15BN6.C24H13BN6O.6C2H6/c1-26-31-22-16-10-4-6-12-18(16)24(31)30-25-19-13-7-5-11-17(19)23(32(25)26)29-21-15-9-3-2-8-14(15)20(27-21)28-22;32-25-30-21-15-9-3-5-11-17(15)23(30)29-24-18-12-6-4-10-16(18)22(31(24)25)28-20-14-8-2-1-7-13(14)19(26-20)27-21;6*1-2/h2-13H,1H3;1-12,32H;6*1-2H3. The summed E-state index contributed by atoms with van der Waals surface area (Å²) in [7, 11) is -1.03. The third-order valence-corrected chi connectivity index (χ3v) is 13.2. The largest absolute Gasteiger partial charge is 0.560 e. The highest BCUT2D eigenvalue weighted by molar-refractivity contribution is 6.56. The molecule has 6 aliphatic rings. The van der Waals surface area contributed by atoms with Crippen LogP contribution in [-0.2, 0) is 0 Å². The monoisotopic (exact) mass is 1000 g/mol. The molecule has 15 heteroatoms. The predicted octanol–water partition coefficient (Wildman–Crippen LogP) is 12.7. The van der Waals surface area contributed by atoms with Gasteiger partial charge in [0.15, 0.2) is 23.3 Å². The highest BCUT2D eigenvalue weighted by atomic mass is 16.2. The molecule has 4 aromatic heterocycles. The first-order valence-electron chi connectivity index (χ1n) is 27.2. The molecule has 10 heterocycles. The summed E-state index contributed by atoms with van der Waals surface area (Å²) in [5.74, 6) is 5.73. The minimum absolute atomic E-state index is 0.0309. The molecule has 0 unspecified atom stereocenters. The molecule has 16 rings (SSSR count). The van der Waals surface area contributed by atoms with Crippen LogP contribution in [0.4, 0.5) is 23.3 Å². The molecule has 76 heavy (non-hydrogen) atoms. The lowest BCUT2D eigenvalue weighted by atomic mass is 9.78. The molecule has 0 aliphatic carbocycles. The number of amidine groups is 4. The summed E-state index contributed by atoms with van der Waals surface area (Å²) < 4.78 is 8.02. The van der Waals surface area contributed by atoms with Gasteiger partial charge in [-0.15, -0.1) is 0 Å². The van der Waals surface area contributed by atoms with Gasteiger partial charge in [0.2, 0.25) is 0 Å². The normalized spacial score (nSPS) is 13.3. The van der Waals surface area contributed by atoms with E-state index < -0.39 is 7.19 Å². The molecule has 0 radical (unpaired) electrons. The first kappa shape index (κ1) is 52.3. The summed E-state index contributed by atoms with van der Waals surface area (Å²) in [4.78, 5) is 40.1. The summed E-state index contributed by atoms with van der Waals surface area (Å²) in [6.45, 7) is 26.2. The van der Waals surface area contributed by atoms with E-state index in [4.69, 9.17) is 39.9 Å². The molecule has 0 fully saturated rings.